The minimum absolute atomic E-state index is 0.0474. The van der Waals surface area contributed by atoms with Crippen LogP contribution in [0, 0.1) is 5.82 Å². The van der Waals surface area contributed by atoms with Gasteiger partial charge in [-0.1, -0.05) is 5.16 Å². The zero-order chi connectivity index (χ0) is 13.0. The van der Waals surface area contributed by atoms with Crippen molar-refractivity contribution in [3.05, 3.63) is 36.0 Å². The Morgan fingerprint density at radius 1 is 1.33 bits per heavy atom. The molecule has 5 nitrogen and oxygen atoms in total. The second-order valence-corrected chi connectivity index (χ2v) is 3.74. The molecule has 0 saturated carbocycles. The average molecular weight is 249 g/mol. The molecule has 0 aliphatic heterocycles. The van der Waals surface area contributed by atoms with Crippen molar-refractivity contribution in [2.75, 3.05) is 0 Å². The van der Waals surface area contributed by atoms with Gasteiger partial charge in [0.1, 0.15) is 5.82 Å². The molecule has 0 aliphatic carbocycles. The molecule has 1 heterocycles. The second-order valence-electron chi connectivity index (χ2n) is 3.74. The van der Waals surface area contributed by atoms with E-state index in [1.165, 1.54) is 12.1 Å². The summed E-state index contributed by atoms with van der Waals surface area (Å²) < 4.78 is 17.7. The van der Waals surface area contributed by atoms with Gasteiger partial charge in [0.05, 0.1) is 0 Å². The van der Waals surface area contributed by atoms with Gasteiger partial charge in [-0.2, -0.15) is 4.98 Å². The Hall–Kier alpha value is -2.24. The molecular formula is C12H10FN2O3-. The lowest BCUT2D eigenvalue weighted by molar-refractivity contribution is -0.305. The molecule has 0 fully saturated rings. The first-order valence-corrected chi connectivity index (χ1v) is 5.43. The van der Waals surface area contributed by atoms with Crippen molar-refractivity contribution in [2.45, 2.75) is 19.3 Å². The minimum Gasteiger partial charge on any atom is -0.550 e. The van der Waals surface area contributed by atoms with E-state index in [1.54, 1.807) is 12.1 Å². The SMILES string of the molecule is O=C([O-])CCCc1nc(-c2ccc(F)cc2)no1. The van der Waals surface area contributed by atoms with Gasteiger partial charge in [-0.05, 0) is 37.1 Å². The Morgan fingerprint density at radius 2 is 2.06 bits per heavy atom. The number of hydrogen-bond donors (Lipinski definition) is 0. The first-order chi connectivity index (χ1) is 8.65. The van der Waals surface area contributed by atoms with Gasteiger partial charge in [-0.3, -0.25) is 0 Å². The van der Waals surface area contributed by atoms with Crippen LogP contribution in [0.25, 0.3) is 11.4 Å². The van der Waals surface area contributed by atoms with Crippen molar-refractivity contribution in [3.8, 4) is 11.4 Å². The Morgan fingerprint density at radius 3 is 2.72 bits per heavy atom. The predicted molar refractivity (Wildman–Crippen MR) is 57.6 cm³/mol. The number of aryl methyl sites for hydroxylation is 1. The first-order valence-electron chi connectivity index (χ1n) is 5.43. The monoisotopic (exact) mass is 249 g/mol. The maximum Gasteiger partial charge on any atom is 0.226 e. The molecule has 6 heteroatoms. The highest BCUT2D eigenvalue weighted by atomic mass is 19.1. The average Bonchev–Trinajstić information content (AvgIpc) is 2.78. The Balaban J connectivity index is 2.01. The summed E-state index contributed by atoms with van der Waals surface area (Å²) in [6, 6.07) is 5.71. The third-order valence-electron chi connectivity index (χ3n) is 2.34. The summed E-state index contributed by atoms with van der Waals surface area (Å²) in [5, 5.41) is 14.0. The van der Waals surface area contributed by atoms with E-state index >= 15 is 0 Å². The van der Waals surface area contributed by atoms with Gasteiger partial charge in [-0.25, -0.2) is 4.39 Å². The largest absolute Gasteiger partial charge is 0.550 e. The van der Waals surface area contributed by atoms with E-state index in [9.17, 15) is 14.3 Å². The van der Waals surface area contributed by atoms with E-state index < -0.39 is 5.97 Å². The lowest BCUT2D eigenvalue weighted by atomic mass is 10.2. The standard InChI is InChI=1S/C12H11FN2O3/c13-9-6-4-8(5-7-9)12-14-10(18-15-12)2-1-3-11(16)17/h4-7H,1-3H2,(H,16,17)/p-1. The molecule has 1 aromatic heterocycles. The lowest BCUT2D eigenvalue weighted by Crippen LogP contribution is -2.21. The summed E-state index contributed by atoms with van der Waals surface area (Å²) in [5.74, 6) is -0.723. The number of rotatable bonds is 5. The maximum absolute atomic E-state index is 12.7. The summed E-state index contributed by atoms with van der Waals surface area (Å²) in [4.78, 5) is 14.3. The highest BCUT2D eigenvalue weighted by Gasteiger charge is 2.08. The summed E-state index contributed by atoms with van der Waals surface area (Å²) in [5.41, 5.74) is 0.645. The Bertz CT molecular complexity index is 537. The van der Waals surface area contributed by atoms with Crippen molar-refractivity contribution in [1.29, 1.82) is 0 Å². The van der Waals surface area contributed by atoms with Crippen LogP contribution in [0.2, 0.25) is 0 Å². The quantitative estimate of drug-likeness (QED) is 0.788. The lowest BCUT2D eigenvalue weighted by Gasteiger charge is -1.97. The third kappa shape index (κ3) is 3.13. The fourth-order valence-electron chi connectivity index (χ4n) is 1.46. The number of hydrogen-bond acceptors (Lipinski definition) is 5. The van der Waals surface area contributed by atoms with Crippen molar-refractivity contribution >= 4 is 5.97 Å². The van der Waals surface area contributed by atoms with Crippen LogP contribution >= 0.6 is 0 Å². The maximum atomic E-state index is 12.7. The predicted octanol–water partition coefficient (Wildman–Crippen LogP) is 0.948. The van der Waals surface area contributed by atoms with Gasteiger partial charge in [0.15, 0.2) is 0 Å². The van der Waals surface area contributed by atoms with Crippen LogP contribution in [-0.4, -0.2) is 16.1 Å². The van der Waals surface area contributed by atoms with Gasteiger partial charge in [0.2, 0.25) is 11.7 Å². The van der Waals surface area contributed by atoms with Crippen LogP contribution in [0.3, 0.4) is 0 Å². The van der Waals surface area contributed by atoms with Crippen LogP contribution < -0.4 is 5.11 Å². The van der Waals surface area contributed by atoms with E-state index in [0.717, 1.165) is 0 Å². The molecule has 0 bridgehead atoms. The van der Waals surface area contributed by atoms with Gasteiger partial charge >= 0.3 is 0 Å². The molecule has 0 spiro atoms. The van der Waals surface area contributed by atoms with Gasteiger partial charge in [-0.15, -0.1) is 0 Å². The number of carboxylic acid groups (broad SMARTS) is 1. The molecule has 94 valence electrons. The summed E-state index contributed by atoms with van der Waals surface area (Å²) in [7, 11) is 0. The second kappa shape index (κ2) is 5.39. The Kier molecular flexibility index (Phi) is 3.66. The molecule has 0 atom stereocenters. The van der Waals surface area contributed by atoms with Crippen LogP contribution in [0.15, 0.2) is 28.8 Å². The Labute approximate surface area is 102 Å². The molecule has 0 amide bonds. The molecule has 0 aliphatic rings. The first kappa shape index (κ1) is 12.2. The topological polar surface area (TPSA) is 79.0 Å². The van der Waals surface area contributed by atoms with E-state index in [2.05, 4.69) is 10.1 Å². The van der Waals surface area contributed by atoms with E-state index in [4.69, 9.17) is 4.52 Å². The van der Waals surface area contributed by atoms with Crippen molar-refractivity contribution in [1.82, 2.24) is 10.1 Å². The highest BCUT2D eigenvalue weighted by molar-refractivity contribution is 5.64. The summed E-state index contributed by atoms with van der Waals surface area (Å²) in [6.45, 7) is 0. The van der Waals surface area contributed by atoms with Crippen molar-refractivity contribution in [2.24, 2.45) is 0 Å². The van der Waals surface area contributed by atoms with Crippen molar-refractivity contribution in [3.63, 3.8) is 0 Å². The molecule has 0 unspecified atom stereocenters. The van der Waals surface area contributed by atoms with Crippen LogP contribution in [0.5, 0.6) is 0 Å². The molecular weight excluding hydrogens is 239 g/mol. The van der Waals surface area contributed by atoms with E-state index in [0.29, 0.717) is 30.1 Å². The van der Waals surface area contributed by atoms with Crippen molar-refractivity contribution < 1.29 is 18.8 Å². The number of carbonyl (C=O) groups is 1. The van der Waals surface area contributed by atoms with E-state index in [-0.39, 0.29) is 12.2 Å². The molecule has 2 aromatic rings. The molecule has 1 aromatic carbocycles. The number of benzene rings is 1. The number of carbonyl (C=O) groups excluding carboxylic acids is 1. The number of carboxylic acids is 1. The highest BCUT2D eigenvalue weighted by Crippen LogP contribution is 2.16. The third-order valence-corrected chi connectivity index (χ3v) is 2.34. The normalized spacial score (nSPS) is 10.5. The van der Waals surface area contributed by atoms with Crippen LogP contribution in [-0.2, 0) is 11.2 Å². The van der Waals surface area contributed by atoms with Gasteiger partial charge in [0.25, 0.3) is 0 Å². The zero-order valence-electron chi connectivity index (χ0n) is 9.43. The molecule has 0 saturated heterocycles. The number of halogens is 1. The summed E-state index contributed by atoms with van der Waals surface area (Å²) in [6.07, 6.45) is 0.712. The fraction of sp³-hybridized carbons (Fsp3) is 0.250. The molecule has 0 N–H and O–H groups in total. The van der Waals surface area contributed by atoms with Gasteiger partial charge in [0, 0.05) is 18.0 Å². The van der Waals surface area contributed by atoms with Gasteiger partial charge < -0.3 is 14.4 Å². The van der Waals surface area contributed by atoms with Crippen LogP contribution in [0.1, 0.15) is 18.7 Å². The van der Waals surface area contributed by atoms with E-state index in [1.807, 2.05) is 0 Å². The number of nitrogens with zero attached hydrogens (tertiary/aromatic N) is 2. The minimum atomic E-state index is -1.10. The van der Waals surface area contributed by atoms with Crippen LogP contribution in [0.4, 0.5) is 4.39 Å². The summed E-state index contributed by atoms with van der Waals surface area (Å²) >= 11 is 0. The zero-order valence-corrected chi connectivity index (χ0v) is 9.43. The molecule has 18 heavy (non-hydrogen) atoms. The number of aliphatic carboxylic acids is 1. The fourth-order valence-corrected chi connectivity index (χ4v) is 1.46. The molecule has 2 rings (SSSR count). The smallest absolute Gasteiger partial charge is 0.226 e. The number of aromatic nitrogens is 2. The molecule has 0 radical (unpaired) electrons.